The van der Waals surface area contributed by atoms with Gasteiger partial charge in [0.05, 0.1) is 17.2 Å². The molecule has 1 saturated heterocycles. The van der Waals surface area contributed by atoms with Crippen molar-refractivity contribution in [3.8, 4) is 5.75 Å². The maximum atomic E-state index is 14.7. The molecule has 0 unspecified atom stereocenters. The molecule has 1 amide bonds. The molecule has 3 aromatic rings. The van der Waals surface area contributed by atoms with Crippen LogP contribution in [-0.4, -0.2) is 52.4 Å². The molecule has 186 valence electrons. The van der Waals surface area contributed by atoms with Crippen LogP contribution < -0.4 is 20.3 Å². The van der Waals surface area contributed by atoms with E-state index in [-0.39, 0.29) is 17.5 Å². The van der Waals surface area contributed by atoms with Crippen LogP contribution in [0.25, 0.3) is 11.0 Å². The first-order valence-corrected chi connectivity index (χ1v) is 10.9. The van der Waals surface area contributed by atoms with Crippen LogP contribution in [-0.2, 0) is 4.74 Å². The normalized spacial score (nSPS) is 14.1. The lowest BCUT2D eigenvalue weighted by molar-refractivity contribution is -0.0499. The number of nitrogens with zero attached hydrogens (tertiary/aromatic N) is 4. The molecule has 0 atom stereocenters. The van der Waals surface area contributed by atoms with Crippen LogP contribution in [0, 0.1) is 5.82 Å². The van der Waals surface area contributed by atoms with Gasteiger partial charge in [-0.25, -0.2) is 24.1 Å². The van der Waals surface area contributed by atoms with E-state index in [1.807, 2.05) is 4.90 Å². The highest BCUT2D eigenvalue weighted by atomic mass is 35.5. The molecule has 9 nitrogen and oxygen atoms in total. The maximum absolute atomic E-state index is 14.7. The molecule has 0 spiro atoms. The molecule has 1 aliphatic rings. The van der Waals surface area contributed by atoms with E-state index >= 15 is 0 Å². The number of pyridine rings is 1. The summed E-state index contributed by atoms with van der Waals surface area (Å²) in [6.45, 7) is 3.26. The second-order valence-electron chi connectivity index (χ2n) is 8.75. The Morgan fingerprint density at radius 3 is 2.63 bits per heavy atom. The molecule has 13 heteroatoms. The number of aromatic nitrogens is 3. The predicted molar refractivity (Wildman–Crippen MR) is 124 cm³/mol. The van der Waals surface area contributed by atoms with Gasteiger partial charge in [-0.2, -0.15) is 8.78 Å². The second-order valence-corrected chi connectivity index (χ2v) is 9.13. The van der Waals surface area contributed by atoms with Crippen LogP contribution in [0.15, 0.2) is 30.6 Å². The smallest absolute Gasteiger partial charge is 0.407 e. The molecule has 3 heterocycles. The molecular weight excluding hydrogens is 489 g/mol. The lowest BCUT2D eigenvalue weighted by Crippen LogP contribution is -2.60. The first kappa shape index (κ1) is 24.6. The van der Waals surface area contributed by atoms with E-state index < -0.39 is 34.9 Å². The minimum Gasteiger partial charge on any atom is -0.444 e. The minimum atomic E-state index is -3.14. The number of amides is 1. The van der Waals surface area contributed by atoms with E-state index in [9.17, 15) is 18.0 Å². The van der Waals surface area contributed by atoms with E-state index in [1.54, 1.807) is 32.9 Å². The molecule has 2 N–H and O–H groups in total. The summed E-state index contributed by atoms with van der Waals surface area (Å²) in [5, 5.41) is 5.00. The van der Waals surface area contributed by atoms with E-state index in [4.69, 9.17) is 16.3 Å². The topological polar surface area (TPSA) is 102 Å². The van der Waals surface area contributed by atoms with Crippen molar-refractivity contribution in [2.24, 2.45) is 0 Å². The van der Waals surface area contributed by atoms with Gasteiger partial charge in [-0.1, -0.05) is 11.6 Å². The third kappa shape index (κ3) is 5.76. The van der Waals surface area contributed by atoms with Crippen molar-refractivity contribution >= 4 is 46.1 Å². The number of benzene rings is 1. The Kier molecular flexibility index (Phi) is 6.75. The summed E-state index contributed by atoms with van der Waals surface area (Å²) in [5.41, 5.74) is 0.169. The Labute approximate surface area is 203 Å². The highest BCUT2D eigenvalue weighted by Gasteiger charge is 2.31. The van der Waals surface area contributed by atoms with Gasteiger partial charge in [0.15, 0.2) is 11.6 Å². The van der Waals surface area contributed by atoms with Gasteiger partial charge in [0.25, 0.3) is 0 Å². The molecule has 1 aliphatic heterocycles. The number of carbonyl (C=O) groups excluding carboxylic acids is 1. The molecule has 35 heavy (non-hydrogen) atoms. The zero-order chi connectivity index (χ0) is 25.3. The summed E-state index contributed by atoms with van der Waals surface area (Å²) in [5.74, 6) is -0.661. The summed E-state index contributed by atoms with van der Waals surface area (Å²) in [4.78, 5) is 26.8. The quantitative estimate of drug-likeness (QED) is 0.484. The third-order valence-electron chi connectivity index (χ3n) is 4.91. The number of hydrogen-bond acceptors (Lipinski definition) is 8. The summed E-state index contributed by atoms with van der Waals surface area (Å²) in [7, 11) is 0. The van der Waals surface area contributed by atoms with Gasteiger partial charge in [-0.15, -0.1) is 0 Å². The van der Waals surface area contributed by atoms with Crippen LogP contribution in [0.2, 0.25) is 5.02 Å². The fourth-order valence-corrected chi connectivity index (χ4v) is 3.58. The highest BCUT2D eigenvalue weighted by Crippen LogP contribution is 2.35. The first-order chi connectivity index (χ1) is 16.5. The standard InChI is InChI=1S/C22H22ClF3N6O3/c1-22(2,3)35-21(33)29-11-8-32(9-11)15-7-5-13-18(31-15)19(28-10-27-13)30-12-4-6-14(34-20(25)26)16(23)17(12)24/h4-7,10-11,20H,8-9H2,1-3H3,(H,29,33)(H,27,28,30). The summed E-state index contributed by atoms with van der Waals surface area (Å²) >= 11 is 5.84. The first-order valence-electron chi connectivity index (χ1n) is 10.6. The highest BCUT2D eigenvalue weighted by molar-refractivity contribution is 6.32. The van der Waals surface area contributed by atoms with Crippen LogP contribution in [0.4, 0.5) is 35.3 Å². The van der Waals surface area contributed by atoms with Crippen molar-refractivity contribution < 1.29 is 27.4 Å². The molecule has 2 aromatic heterocycles. The number of ether oxygens (including phenoxy) is 2. The van der Waals surface area contributed by atoms with Crippen LogP contribution in [0.3, 0.4) is 0 Å². The lowest BCUT2D eigenvalue weighted by atomic mass is 10.1. The molecular formula is C22H22ClF3N6O3. The van der Waals surface area contributed by atoms with Gasteiger partial charge in [-0.05, 0) is 45.0 Å². The van der Waals surface area contributed by atoms with Gasteiger partial charge in [0, 0.05) is 13.1 Å². The van der Waals surface area contributed by atoms with Gasteiger partial charge in [-0.3, -0.25) is 0 Å². The molecule has 0 saturated carbocycles. The fraction of sp³-hybridized carbons (Fsp3) is 0.364. The molecule has 0 aliphatic carbocycles. The number of nitrogens with one attached hydrogen (secondary N) is 2. The maximum Gasteiger partial charge on any atom is 0.407 e. The number of fused-ring (bicyclic) bond motifs is 1. The number of rotatable bonds is 6. The van der Waals surface area contributed by atoms with Crippen molar-refractivity contribution in [1.29, 1.82) is 0 Å². The molecule has 0 radical (unpaired) electrons. The van der Waals surface area contributed by atoms with Crippen molar-refractivity contribution in [1.82, 2.24) is 20.3 Å². The predicted octanol–water partition coefficient (Wildman–Crippen LogP) is 4.88. The summed E-state index contributed by atoms with van der Waals surface area (Å²) in [6.07, 6.45) is 0.795. The van der Waals surface area contributed by atoms with Crippen molar-refractivity contribution in [3.63, 3.8) is 0 Å². The number of anilines is 3. The average molecular weight is 511 g/mol. The van der Waals surface area contributed by atoms with Gasteiger partial charge < -0.3 is 25.0 Å². The molecule has 0 bridgehead atoms. The number of carbonyl (C=O) groups is 1. The number of halogens is 4. The molecule has 4 rings (SSSR count). The van der Waals surface area contributed by atoms with E-state index in [0.717, 1.165) is 6.07 Å². The van der Waals surface area contributed by atoms with Gasteiger partial charge in [0.1, 0.15) is 34.0 Å². The molecule has 1 aromatic carbocycles. The largest absolute Gasteiger partial charge is 0.444 e. The van der Waals surface area contributed by atoms with Gasteiger partial charge in [0.2, 0.25) is 0 Å². The van der Waals surface area contributed by atoms with Gasteiger partial charge >= 0.3 is 12.7 Å². The zero-order valence-electron chi connectivity index (χ0n) is 19.0. The molecule has 1 fully saturated rings. The number of alkyl carbamates (subject to hydrolysis) is 1. The summed E-state index contributed by atoms with van der Waals surface area (Å²) in [6, 6.07) is 5.75. The summed E-state index contributed by atoms with van der Waals surface area (Å²) < 4.78 is 49.1. The Bertz CT molecular complexity index is 1250. The van der Waals surface area contributed by atoms with Crippen LogP contribution >= 0.6 is 11.6 Å². The SMILES string of the molecule is CC(C)(C)OC(=O)NC1CN(c2ccc3ncnc(Nc4ccc(OC(F)F)c(Cl)c4F)c3n2)C1. The van der Waals surface area contributed by atoms with E-state index in [0.29, 0.717) is 29.9 Å². The van der Waals surface area contributed by atoms with E-state index in [2.05, 4.69) is 30.3 Å². The van der Waals surface area contributed by atoms with Crippen molar-refractivity contribution in [3.05, 3.63) is 41.4 Å². The number of hydrogen-bond donors (Lipinski definition) is 2. The third-order valence-corrected chi connectivity index (χ3v) is 5.26. The van der Waals surface area contributed by atoms with Crippen molar-refractivity contribution in [2.45, 2.75) is 39.0 Å². The Morgan fingerprint density at radius 1 is 1.20 bits per heavy atom. The minimum absolute atomic E-state index is 0.0998. The average Bonchev–Trinajstić information content (AvgIpc) is 2.74. The van der Waals surface area contributed by atoms with Crippen LogP contribution in [0.1, 0.15) is 20.8 Å². The fourth-order valence-electron chi connectivity index (χ4n) is 3.37. The number of alkyl halides is 2. The lowest BCUT2D eigenvalue weighted by Gasteiger charge is -2.40. The second kappa shape index (κ2) is 9.61. The Balaban J connectivity index is 1.50. The van der Waals surface area contributed by atoms with E-state index in [1.165, 1.54) is 12.4 Å². The van der Waals surface area contributed by atoms with Crippen LogP contribution in [0.5, 0.6) is 5.75 Å². The Hall–Kier alpha value is -3.54. The monoisotopic (exact) mass is 510 g/mol. The zero-order valence-corrected chi connectivity index (χ0v) is 19.7. The Morgan fingerprint density at radius 2 is 1.94 bits per heavy atom. The van der Waals surface area contributed by atoms with Crippen molar-refractivity contribution in [2.75, 3.05) is 23.3 Å².